The van der Waals surface area contributed by atoms with Crippen molar-refractivity contribution in [3.63, 3.8) is 0 Å². The Morgan fingerprint density at radius 2 is 1.62 bits per heavy atom. The maximum atomic E-state index is 9.20. The molecule has 2 aromatic rings. The Bertz CT molecular complexity index is 675. The van der Waals surface area contributed by atoms with Crippen LogP contribution in [0.15, 0.2) is 30.5 Å². The average Bonchev–Trinajstić information content (AvgIpc) is 3.15. The highest BCUT2D eigenvalue weighted by molar-refractivity contribution is 7.16. The van der Waals surface area contributed by atoms with Gasteiger partial charge < -0.3 is 4.74 Å². The second-order valence-electron chi connectivity index (χ2n) is 6.67. The topological polar surface area (TPSA) is 45.9 Å². The highest BCUT2D eigenvalue weighted by Gasteiger charge is 2.09. The summed E-state index contributed by atoms with van der Waals surface area (Å²) < 4.78 is 5.83. The van der Waals surface area contributed by atoms with Crippen LogP contribution in [0.25, 0.3) is 10.6 Å². The van der Waals surface area contributed by atoms with Crippen molar-refractivity contribution in [1.29, 1.82) is 5.26 Å². The molecule has 0 aliphatic carbocycles. The van der Waals surface area contributed by atoms with Gasteiger partial charge in [-0.1, -0.05) is 94.2 Å². The van der Waals surface area contributed by atoms with Crippen molar-refractivity contribution in [1.82, 2.24) is 4.98 Å². The second-order valence-corrected chi connectivity index (χ2v) is 7.67. The summed E-state index contributed by atoms with van der Waals surface area (Å²) in [4.78, 5) is 4.41. The Morgan fingerprint density at radius 1 is 0.962 bits per heavy atom. The average molecular weight is 371 g/mol. The number of hydrogen-bond donors (Lipinski definition) is 0. The molecule has 1 aromatic carbocycles. The first-order chi connectivity index (χ1) is 12.8. The van der Waals surface area contributed by atoms with E-state index in [1.165, 1.54) is 69.1 Å². The number of thiazole rings is 1. The first-order valence-corrected chi connectivity index (χ1v) is 10.7. The molecule has 0 amide bonds. The molecule has 0 spiro atoms. The van der Waals surface area contributed by atoms with Crippen molar-refractivity contribution in [3.8, 4) is 21.7 Å². The van der Waals surface area contributed by atoms with Gasteiger partial charge in [0.15, 0.2) is 5.06 Å². The maximum absolute atomic E-state index is 9.20. The van der Waals surface area contributed by atoms with Gasteiger partial charge in [0.25, 0.3) is 0 Å². The minimum atomic E-state index is 0.656. The Hall–Kier alpha value is -1.86. The van der Waals surface area contributed by atoms with E-state index in [2.05, 4.69) is 18.0 Å². The standard InChI is InChI=1S/C22H30N2OS/c1-2-3-4-5-6-7-8-9-10-13-16-25-21-18-24-22(26-21)20-15-12-11-14-19(20)17-23/h11-12,14-15,18H,2-10,13,16H2,1H3. The van der Waals surface area contributed by atoms with Gasteiger partial charge in [-0.05, 0) is 12.5 Å². The molecule has 0 atom stereocenters. The van der Waals surface area contributed by atoms with Gasteiger partial charge in [0.2, 0.25) is 0 Å². The monoisotopic (exact) mass is 370 g/mol. The normalized spacial score (nSPS) is 10.6. The predicted octanol–water partition coefficient (Wildman–Crippen LogP) is 6.98. The number of hydrogen-bond acceptors (Lipinski definition) is 4. The first kappa shape index (κ1) is 20.5. The zero-order valence-electron chi connectivity index (χ0n) is 15.9. The molecule has 1 heterocycles. The lowest BCUT2D eigenvalue weighted by molar-refractivity contribution is 0.312. The summed E-state index contributed by atoms with van der Waals surface area (Å²) in [5.74, 6) is 0. The third-order valence-electron chi connectivity index (χ3n) is 4.50. The molecule has 0 fully saturated rings. The minimum absolute atomic E-state index is 0.656. The molecule has 140 valence electrons. The molecule has 0 aliphatic rings. The van der Waals surface area contributed by atoms with Crippen molar-refractivity contribution < 1.29 is 4.74 Å². The van der Waals surface area contributed by atoms with Gasteiger partial charge in [0, 0.05) is 5.56 Å². The third kappa shape index (κ3) is 7.17. The molecular formula is C22H30N2OS. The van der Waals surface area contributed by atoms with E-state index in [-0.39, 0.29) is 0 Å². The number of nitriles is 1. The molecule has 26 heavy (non-hydrogen) atoms. The van der Waals surface area contributed by atoms with E-state index < -0.39 is 0 Å². The van der Waals surface area contributed by atoms with Crippen LogP contribution >= 0.6 is 11.3 Å². The quantitative estimate of drug-likeness (QED) is 0.357. The van der Waals surface area contributed by atoms with Gasteiger partial charge in [-0.25, -0.2) is 4.98 Å². The van der Waals surface area contributed by atoms with E-state index in [9.17, 15) is 5.26 Å². The SMILES string of the molecule is CCCCCCCCCCCCOc1cnc(-c2ccccc2C#N)s1. The van der Waals surface area contributed by atoms with Crippen molar-refractivity contribution >= 4 is 11.3 Å². The van der Waals surface area contributed by atoms with Crippen LogP contribution in [0.1, 0.15) is 76.7 Å². The van der Waals surface area contributed by atoms with E-state index in [4.69, 9.17) is 4.74 Å². The number of unbranched alkanes of at least 4 members (excludes halogenated alkanes) is 9. The third-order valence-corrected chi connectivity index (χ3v) is 5.45. The molecule has 4 heteroatoms. The summed E-state index contributed by atoms with van der Waals surface area (Å²) in [6, 6.07) is 9.78. The zero-order chi connectivity index (χ0) is 18.5. The zero-order valence-corrected chi connectivity index (χ0v) is 16.7. The molecule has 0 aliphatic heterocycles. The summed E-state index contributed by atoms with van der Waals surface area (Å²) in [6.07, 6.45) is 15.0. The van der Waals surface area contributed by atoms with Gasteiger partial charge in [-0.15, -0.1) is 0 Å². The summed E-state index contributed by atoms with van der Waals surface area (Å²) in [6.45, 7) is 3.01. The number of ether oxygens (including phenoxy) is 1. The highest BCUT2D eigenvalue weighted by atomic mass is 32.1. The Labute approximate surface area is 162 Å². The molecule has 0 bridgehead atoms. The summed E-state index contributed by atoms with van der Waals surface area (Å²) >= 11 is 1.51. The van der Waals surface area contributed by atoms with Gasteiger partial charge in [-0.3, -0.25) is 0 Å². The summed E-state index contributed by atoms with van der Waals surface area (Å²) in [5, 5.41) is 10.9. The largest absolute Gasteiger partial charge is 0.483 e. The highest BCUT2D eigenvalue weighted by Crippen LogP contribution is 2.32. The van der Waals surface area contributed by atoms with E-state index in [1.807, 2.05) is 24.3 Å². The van der Waals surface area contributed by atoms with Gasteiger partial charge in [0.1, 0.15) is 5.01 Å². The van der Waals surface area contributed by atoms with Crippen molar-refractivity contribution in [2.45, 2.75) is 71.1 Å². The van der Waals surface area contributed by atoms with Crippen LogP contribution in [0.2, 0.25) is 0 Å². The van der Waals surface area contributed by atoms with Crippen LogP contribution in [-0.2, 0) is 0 Å². The first-order valence-electron chi connectivity index (χ1n) is 9.93. The van der Waals surface area contributed by atoms with Gasteiger partial charge >= 0.3 is 0 Å². The lowest BCUT2D eigenvalue weighted by Crippen LogP contribution is -1.95. The van der Waals surface area contributed by atoms with Crippen molar-refractivity contribution in [2.24, 2.45) is 0 Å². The smallest absolute Gasteiger partial charge is 0.194 e. The van der Waals surface area contributed by atoms with Crippen molar-refractivity contribution in [3.05, 3.63) is 36.0 Å². The lowest BCUT2D eigenvalue weighted by atomic mass is 10.1. The second kappa shape index (κ2) is 12.5. The molecule has 0 saturated heterocycles. The molecule has 0 radical (unpaired) electrons. The van der Waals surface area contributed by atoms with E-state index in [1.54, 1.807) is 6.20 Å². The van der Waals surface area contributed by atoms with E-state index >= 15 is 0 Å². The number of aromatic nitrogens is 1. The maximum Gasteiger partial charge on any atom is 0.194 e. The molecule has 1 aromatic heterocycles. The van der Waals surface area contributed by atoms with Crippen LogP contribution in [0.4, 0.5) is 0 Å². The fraction of sp³-hybridized carbons (Fsp3) is 0.545. The van der Waals surface area contributed by atoms with Crippen LogP contribution in [0.5, 0.6) is 5.06 Å². The molecule has 3 nitrogen and oxygen atoms in total. The molecule has 2 rings (SSSR count). The Balaban J connectivity index is 1.58. The summed E-state index contributed by atoms with van der Waals surface area (Å²) in [7, 11) is 0. The number of benzene rings is 1. The molecule has 0 N–H and O–H groups in total. The van der Waals surface area contributed by atoms with Crippen LogP contribution in [0, 0.1) is 11.3 Å². The summed E-state index contributed by atoms with van der Waals surface area (Å²) in [5.41, 5.74) is 1.54. The number of nitrogens with zero attached hydrogens (tertiary/aromatic N) is 2. The van der Waals surface area contributed by atoms with Crippen molar-refractivity contribution in [2.75, 3.05) is 6.61 Å². The molecule has 0 saturated carbocycles. The minimum Gasteiger partial charge on any atom is -0.483 e. The van der Waals surface area contributed by atoms with Crippen LogP contribution in [-0.4, -0.2) is 11.6 Å². The number of rotatable bonds is 13. The molecule has 0 unspecified atom stereocenters. The van der Waals surface area contributed by atoms with Gasteiger partial charge in [0.05, 0.1) is 24.4 Å². The van der Waals surface area contributed by atoms with Crippen LogP contribution < -0.4 is 4.74 Å². The fourth-order valence-electron chi connectivity index (χ4n) is 2.98. The van der Waals surface area contributed by atoms with Gasteiger partial charge in [-0.2, -0.15) is 5.26 Å². The van der Waals surface area contributed by atoms with E-state index in [0.29, 0.717) is 5.56 Å². The fourth-order valence-corrected chi connectivity index (χ4v) is 3.81. The van der Waals surface area contributed by atoms with E-state index in [0.717, 1.165) is 28.7 Å². The lowest BCUT2D eigenvalue weighted by Gasteiger charge is -2.04. The molecular weight excluding hydrogens is 340 g/mol. The Kier molecular flexibility index (Phi) is 9.82. The van der Waals surface area contributed by atoms with Crippen LogP contribution in [0.3, 0.4) is 0 Å². The Morgan fingerprint density at radius 3 is 2.31 bits per heavy atom. The predicted molar refractivity (Wildman–Crippen MR) is 110 cm³/mol.